The van der Waals surface area contributed by atoms with Crippen LogP contribution in [-0.4, -0.2) is 36.3 Å². The highest BCUT2D eigenvalue weighted by Gasteiger charge is 2.50. The molecule has 0 saturated heterocycles. The minimum Gasteiger partial charge on any atom is -0.317 e. The number of hydrogen-bond acceptors (Lipinski definition) is 3. The number of hydrogen-bond donors (Lipinski definition) is 1. The summed E-state index contributed by atoms with van der Waals surface area (Å²) in [5.41, 5.74) is -0.165. The Morgan fingerprint density at radius 1 is 0.850 bits per heavy atom. The van der Waals surface area contributed by atoms with E-state index < -0.39 is 5.54 Å². The number of carbonyl (C=O) groups is 1. The summed E-state index contributed by atoms with van der Waals surface area (Å²) in [5.74, 6) is -0.259. The first-order valence-corrected chi connectivity index (χ1v) is 14.7. The maximum atomic E-state index is 13.6. The molecular formula is C34H51F2N3O. The molecule has 0 radical (unpaired) electrons. The van der Waals surface area contributed by atoms with Gasteiger partial charge in [-0.1, -0.05) is 89.6 Å². The second-order valence-corrected chi connectivity index (χ2v) is 8.79. The SMILES string of the molecule is C/C=C/CCC.C/C=C\C.CC.CCNCCCN1C(=O)C(c2ccc(F)cc2)(c2ccc(F)cc2)N=C1CC. The van der Waals surface area contributed by atoms with Crippen LogP contribution in [0, 0.1) is 11.6 Å². The molecule has 4 nitrogen and oxygen atoms in total. The van der Waals surface area contributed by atoms with Crippen LogP contribution in [0.15, 0.2) is 77.8 Å². The number of carbonyl (C=O) groups excluding carboxylic acids is 1. The van der Waals surface area contributed by atoms with E-state index >= 15 is 0 Å². The predicted octanol–water partition coefficient (Wildman–Crippen LogP) is 8.83. The molecule has 0 fully saturated rings. The van der Waals surface area contributed by atoms with Crippen LogP contribution in [-0.2, 0) is 10.3 Å². The van der Waals surface area contributed by atoms with Crippen molar-refractivity contribution < 1.29 is 13.6 Å². The smallest absolute Gasteiger partial charge is 0.265 e. The molecule has 0 atom stereocenters. The first-order chi connectivity index (χ1) is 19.4. The molecule has 2 aromatic carbocycles. The normalized spacial score (nSPS) is 13.7. The van der Waals surface area contributed by atoms with Gasteiger partial charge in [0.25, 0.3) is 5.91 Å². The number of allylic oxidation sites excluding steroid dienone is 4. The zero-order valence-corrected chi connectivity index (χ0v) is 25.9. The molecule has 0 aromatic heterocycles. The summed E-state index contributed by atoms with van der Waals surface area (Å²) in [4.78, 5) is 20.2. The number of aliphatic imine (C=N–C) groups is 1. The second kappa shape index (κ2) is 21.7. The van der Waals surface area contributed by atoms with Crippen LogP contribution in [0.25, 0.3) is 0 Å². The van der Waals surface area contributed by atoms with E-state index in [1.165, 1.54) is 37.1 Å². The first kappa shape index (κ1) is 36.9. The number of nitrogens with one attached hydrogen (secondary N) is 1. The minimum atomic E-state index is -1.31. The van der Waals surface area contributed by atoms with Crippen LogP contribution < -0.4 is 5.32 Å². The molecule has 222 valence electrons. The van der Waals surface area contributed by atoms with E-state index in [2.05, 4.69) is 31.3 Å². The van der Waals surface area contributed by atoms with Crippen LogP contribution in [0.2, 0.25) is 0 Å². The van der Waals surface area contributed by atoms with Gasteiger partial charge in [0, 0.05) is 13.0 Å². The molecular weight excluding hydrogens is 504 g/mol. The monoisotopic (exact) mass is 555 g/mol. The number of amides is 1. The largest absolute Gasteiger partial charge is 0.317 e. The minimum absolute atomic E-state index is 0.181. The lowest BCUT2D eigenvalue weighted by molar-refractivity contribution is -0.130. The fourth-order valence-corrected chi connectivity index (χ4v) is 3.91. The Bertz CT molecular complexity index is 979. The van der Waals surface area contributed by atoms with E-state index in [1.54, 1.807) is 29.2 Å². The van der Waals surface area contributed by atoms with Gasteiger partial charge < -0.3 is 5.32 Å². The number of unbranched alkanes of at least 4 members (excludes halogenated alkanes) is 1. The first-order valence-electron chi connectivity index (χ1n) is 14.7. The lowest BCUT2D eigenvalue weighted by Gasteiger charge is -2.27. The van der Waals surface area contributed by atoms with Crippen LogP contribution in [0.5, 0.6) is 0 Å². The number of amidine groups is 1. The molecule has 1 heterocycles. The Labute approximate surface area is 242 Å². The third kappa shape index (κ3) is 11.2. The van der Waals surface area contributed by atoms with Crippen molar-refractivity contribution in [3.05, 3.63) is 95.6 Å². The summed E-state index contributed by atoms with van der Waals surface area (Å²) in [6.07, 6.45) is 12.2. The number of halogens is 2. The van der Waals surface area contributed by atoms with E-state index in [4.69, 9.17) is 4.99 Å². The molecule has 1 amide bonds. The molecule has 1 aliphatic rings. The number of benzene rings is 2. The maximum absolute atomic E-state index is 13.6. The molecule has 0 spiro atoms. The maximum Gasteiger partial charge on any atom is 0.265 e. The highest BCUT2D eigenvalue weighted by Crippen LogP contribution is 2.40. The highest BCUT2D eigenvalue weighted by atomic mass is 19.1. The Kier molecular flexibility index (Phi) is 20.0. The van der Waals surface area contributed by atoms with Gasteiger partial charge in [-0.15, -0.1) is 0 Å². The molecule has 2 aromatic rings. The second-order valence-electron chi connectivity index (χ2n) is 8.79. The molecule has 0 unspecified atom stereocenters. The van der Waals surface area contributed by atoms with Gasteiger partial charge in [0.1, 0.15) is 17.5 Å². The van der Waals surface area contributed by atoms with Crippen LogP contribution in [0.1, 0.15) is 92.2 Å². The molecule has 1 N–H and O–H groups in total. The quantitative estimate of drug-likeness (QED) is 0.235. The standard InChI is InChI=1S/C22H25F2N3O.C6H12.C4H8.C2H6/c1-3-20-26-22(16-6-10-18(23)11-7-16,17-8-12-19(24)13-9-17)21(28)27(20)15-5-14-25-4-2;1-3-5-6-4-2;1-3-4-2;1-2/h6-13,25H,3-5,14-15H2,1-2H3;3,5H,4,6H2,1-2H3;3-4H,1-2H3;1-2H3/b;5-3+;4-3-;. The number of rotatable bonds is 10. The van der Waals surface area contributed by atoms with Crippen molar-refractivity contribution in [3.63, 3.8) is 0 Å². The van der Waals surface area contributed by atoms with Gasteiger partial charge in [-0.2, -0.15) is 0 Å². The van der Waals surface area contributed by atoms with Crippen LogP contribution in [0.3, 0.4) is 0 Å². The lowest BCUT2D eigenvalue weighted by Crippen LogP contribution is -2.42. The average molecular weight is 556 g/mol. The van der Waals surface area contributed by atoms with Crippen molar-refractivity contribution in [2.24, 2.45) is 4.99 Å². The zero-order valence-electron chi connectivity index (χ0n) is 25.9. The molecule has 6 heteroatoms. The molecule has 3 rings (SSSR count). The van der Waals surface area contributed by atoms with Crippen molar-refractivity contribution in [2.45, 2.75) is 86.6 Å². The van der Waals surface area contributed by atoms with Gasteiger partial charge in [-0.25, -0.2) is 13.8 Å². The van der Waals surface area contributed by atoms with Crippen molar-refractivity contribution in [3.8, 4) is 0 Å². The van der Waals surface area contributed by atoms with Crippen molar-refractivity contribution in [1.82, 2.24) is 10.2 Å². The van der Waals surface area contributed by atoms with E-state index in [1.807, 2.05) is 53.7 Å². The van der Waals surface area contributed by atoms with Crippen LogP contribution in [0.4, 0.5) is 8.78 Å². The van der Waals surface area contributed by atoms with Crippen molar-refractivity contribution >= 4 is 11.7 Å². The number of nitrogens with zero attached hydrogens (tertiary/aromatic N) is 2. The summed E-state index contributed by atoms with van der Waals surface area (Å²) in [6.45, 7) is 18.4. The Morgan fingerprint density at radius 3 is 1.70 bits per heavy atom. The topological polar surface area (TPSA) is 44.7 Å². The predicted molar refractivity (Wildman–Crippen MR) is 168 cm³/mol. The summed E-state index contributed by atoms with van der Waals surface area (Å²) < 4.78 is 27.0. The van der Waals surface area contributed by atoms with Gasteiger partial charge in [0.05, 0.1) is 0 Å². The van der Waals surface area contributed by atoms with Gasteiger partial charge in [-0.05, 0) is 82.1 Å². The van der Waals surface area contributed by atoms with Gasteiger partial charge in [0.2, 0.25) is 0 Å². The van der Waals surface area contributed by atoms with Crippen molar-refractivity contribution in [2.75, 3.05) is 19.6 Å². The van der Waals surface area contributed by atoms with E-state index in [0.717, 1.165) is 19.5 Å². The Hall–Kier alpha value is -3.12. The summed E-state index contributed by atoms with van der Waals surface area (Å²) in [6, 6.07) is 11.6. The van der Waals surface area contributed by atoms with E-state index in [9.17, 15) is 13.6 Å². The highest BCUT2D eigenvalue weighted by molar-refractivity contribution is 6.10. The Balaban J connectivity index is 0.00000108. The zero-order chi connectivity index (χ0) is 30.4. The van der Waals surface area contributed by atoms with Gasteiger partial charge >= 0.3 is 0 Å². The molecule has 0 aliphatic carbocycles. The molecule has 0 bridgehead atoms. The molecule has 0 saturated carbocycles. The Morgan fingerprint density at radius 2 is 1.35 bits per heavy atom. The lowest BCUT2D eigenvalue weighted by atomic mass is 9.82. The van der Waals surface area contributed by atoms with E-state index in [0.29, 0.717) is 29.9 Å². The van der Waals surface area contributed by atoms with E-state index in [-0.39, 0.29) is 17.5 Å². The molecule has 40 heavy (non-hydrogen) atoms. The molecule has 1 aliphatic heterocycles. The van der Waals surface area contributed by atoms with Crippen LogP contribution >= 0.6 is 0 Å². The fraction of sp³-hybridized carbons (Fsp3) is 0.471. The average Bonchev–Trinajstić information content (AvgIpc) is 3.28. The summed E-state index contributed by atoms with van der Waals surface area (Å²) in [7, 11) is 0. The summed E-state index contributed by atoms with van der Waals surface area (Å²) >= 11 is 0. The van der Waals surface area contributed by atoms with Crippen molar-refractivity contribution in [1.29, 1.82) is 0 Å². The van der Waals surface area contributed by atoms with Gasteiger partial charge in [0.15, 0.2) is 5.54 Å². The summed E-state index contributed by atoms with van der Waals surface area (Å²) in [5, 5.41) is 3.26. The fourth-order valence-electron chi connectivity index (χ4n) is 3.91. The third-order valence-electron chi connectivity index (χ3n) is 6.01. The van der Waals surface area contributed by atoms with Gasteiger partial charge in [-0.3, -0.25) is 9.69 Å². The third-order valence-corrected chi connectivity index (χ3v) is 6.01.